The molecule has 2 unspecified atom stereocenters. The van der Waals surface area contributed by atoms with Crippen LogP contribution in [0.4, 0.5) is 0 Å². The van der Waals surface area contributed by atoms with E-state index in [2.05, 4.69) is 68.1 Å². The van der Waals surface area contributed by atoms with Crippen LogP contribution < -0.4 is 0 Å². The summed E-state index contributed by atoms with van der Waals surface area (Å²) in [6.45, 7) is 6.23. The highest BCUT2D eigenvalue weighted by Gasteiger charge is 2.31. The summed E-state index contributed by atoms with van der Waals surface area (Å²) >= 11 is 1.86. The molecule has 1 aliphatic carbocycles. The summed E-state index contributed by atoms with van der Waals surface area (Å²) in [4.78, 5) is 1.29. The van der Waals surface area contributed by atoms with Gasteiger partial charge in [-0.15, -0.1) is 18.3 Å². The standard InChI is InChI=1S/C15H16S/c1-3-15(12-8-7-9-13(15)2)16-14-10-5-4-6-11-14/h3-13H,1H2,2H3. The minimum Gasteiger partial charge on any atom is -0.110 e. The Kier molecular flexibility index (Phi) is 3.35. The molecule has 82 valence electrons. The summed E-state index contributed by atoms with van der Waals surface area (Å²) in [5.74, 6) is 0.472. The van der Waals surface area contributed by atoms with Crippen LogP contribution in [0.5, 0.6) is 0 Å². The van der Waals surface area contributed by atoms with Gasteiger partial charge in [-0.2, -0.15) is 0 Å². The fraction of sp³-hybridized carbons (Fsp3) is 0.200. The van der Waals surface area contributed by atoms with E-state index < -0.39 is 0 Å². The van der Waals surface area contributed by atoms with Crippen molar-refractivity contribution in [2.24, 2.45) is 5.92 Å². The second-order valence-corrected chi connectivity index (χ2v) is 5.39. The SMILES string of the molecule is C=CC1(Sc2ccccc2)C=CC=CC1C. The van der Waals surface area contributed by atoms with E-state index in [-0.39, 0.29) is 4.75 Å². The third-order valence-corrected chi connectivity index (χ3v) is 4.47. The smallest absolute Gasteiger partial charge is 0.0626 e. The van der Waals surface area contributed by atoms with E-state index >= 15 is 0 Å². The van der Waals surface area contributed by atoms with E-state index in [0.717, 1.165) is 0 Å². The Hall–Kier alpha value is -1.21. The number of benzene rings is 1. The highest BCUT2D eigenvalue weighted by Crippen LogP contribution is 2.42. The Bertz CT molecular complexity index is 416. The average molecular weight is 228 g/mol. The van der Waals surface area contributed by atoms with Crippen LogP contribution in [0.25, 0.3) is 0 Å². The van der Waals surface area contributed by atoms with Gasteiger partial charge in [-0.1, -0.05) is 55.5 Å². The lowest BCUT2D eigenvalue weighted by Crippen LogP contribution is -2.28. The van der Waals surface area contributed by atoms with E-state index in [0.29, 0.717) is 5.92 Å². The van der Waals surface area contributed by atoms with Crippen molar-refractivity contribution in [2.45, 2.75) is 16.6 Å². The van der Waals surface area contributed by atoms with Gasteiger partial charge in [0.2, 0.25) is 0 Å². The fourth-order valence-electron chi connectivity index (χ4n) is 1.85. The highest BCUT2D eigenvalue weighted by molar-refractivity contribution is 8.01. The van der Waals surface area contributed by atoms with Gasteiger partial charge in [-0.3, -0.25) is 0 Å². The Labute approximate surface area is 102 Å². The lowest BCUT2D eigenvalue weighted by atomic mass is 9.89. The second-order valence-electron chi connectivity index (χ2n) is 4.01. The summed E-state index contributed by atoms with van der Waals surface area (Å²) < 4.78 is -0.00387. The van der Waals surface area contributed by atoms with Gasteiger partial charge in [0, 0.05) is 4.90 Å². The van der Waals surface area contributed by atoms with Crippen LogP contribution in [0.1, 0.15) is 6.92 Å². The first-order valence-corrected chi connectivity index (χ1v) is 6.32. The Balaban J connectivity index is 2.27. The maximum atomic E-state index is 4.00. The van der Waals surface area contributed by atoms with Gasteiger partial charge in [-0.25, -0.2) is 0 Å². The molecule has 1 aliphatic rings. The zero-order chi connectivity index (χ0) is 11.4. The molecule has 0 aliphatic heterocycles. The van der Waals surface area contributed by atoms with E-state index in [1.807, 2.05) is 17.8 Å². The molecule has 16 heavy (non-hydrogen) atoms. The lowest BCUT2D eigenvalue weighted by molar-refractivity contribution is 0.651. The van der Waals surface area contributed by atoms with Crippen molar-refractivity contribution < 1.29 is 0 Å². The van der Waals surface area contributed by atoms with Gasteiger partial charge >= 0.3 is 0 Å². The summed E-state index contributed by atoms with van der Waals surface area (Å²) in [6, 6.07) is 10.5. The van der Waals surface area contributed by atoms with Gasteiger partial charge in [0.05, 0.1) is 4.75 Å². The third-order valence-electron chi connectivity index (χ3n) is 2.94. The molecule has 0 heterocycles. The van der Waals surface area contributed by atoms with E-state index in [4.69, 9.17) is 0 Å². The molecule has 0 radical (unpaired) electrons. The quantitative estimate of drug-likeness (QED) is 0.688. The molecule has 0 spiro atoms. The predicted molar refractivity (Wildman–Crippen MR) is 72.7 cm³/mol. The monoisotopic (exact) mass is 228 g/mol. The number of rotatable bonds is 3. The van der Waals surface area contributed by atoms with Gasteiger partial charge < -0.3 is 0 Å². The van der Waals surface area contributed by atoms with Crippen LogP contribution in [-0.2, 0) is 0 Å². The number of allylic oxidation sites excluding steroid dienone is 3. The molecule has 0 bridgehead atoms. The summed E-state index contributed by atoms with van der Waals surface area (Å²) in [5, 5.41) is 0. The van der Waals surface area contributed by atoms with Crippen LogP contribution in [0.15, 0.2) is 72.2 Å². The van der Waals surface area contributed by atoms with Crippen LogP contribution in [-0.4, -0.2) is 4.75 Å². The predicted octanol–water partition coefficient (Wildman–Crippen LogP) is 4.47. The van der Waals surface area contributed by atoms with Gasteiger partial charge in [-0.05, 0) is 18.1 Å². The molecule has 1 heteroatoms. The van der Waals surface area contributed by atoms with Crippen molar-refractivity contribution in [2.75, 3.05) is 0 Å². The molecule has 0 saturated carbocycles. The first kappa shape index (κ1) is 11.3. The molecule has 1 aromatic carbocycles. The number of hydrogen-bond acceptors (Lipinski definition) is 1. The number of hydrogen-bond donors (Lipinski definition) is 0. The van der Waals surface area contributed by atoms with Crippen LogP contribution in [0.2, 0.25) is 0 Å². The molecule has 0 aromatic heterocycles. The van der Waals surface area contributed by atoms with Crippen LogP contribution >= 0.6 is 11.8 Å². The zero-order valence-electron chi connectivity index (χ0n) is 9.47. The first-order chi connectivity index (χ1) is 7.77. The average Bonchev–Trinajstić information content (AvgIpc) is 2.34. The molecule has 2 atom stereocenters. The van der Waals surface area contributed by atoms with Crippen molar-refractivity contribution in [3.63, 3.8) is 0 Å². The summed E-state index contributed by atoms with van der Waals surface area (Å²) in [7, 11) is 0. The van der Waals surface area contributed by atoms with Crippen molar-refractivity contribution >= 4 is 11.8 Å². The third kappa shape index (κ3) is 2.14. The van der Waals surface area contributed by atoms with Crippen LogP contribution in [0, 0.1) is 5.92 Å². The van der Waals surface area contributed by atoms with Crippen molar-refractivity contribution in [1.29, 1.82) is 0 Å². The molecule has 1 aromatic rings. The maximum Gasteiger partial charge on any atom is 0.0626 e. The summed E-state index contributed by atoms with van der Waals surface area (Å²) in [5.41, 5.74) is 0. The van der Waals surface area contributed by atoms with E-state index in [9.17, 15) is 0 Å². The molecule has 2 rings (SSSR count). The topological polar surface area (TPSA) is 0 Å². The highest BCUT2D eigenvalue weighted by atomic mass is 32.2. The van der Waals surface area contributed by atoms with Gasteiger partial charge in [0.1, 0.15) is 0 Å². The minimum atomic E-state index is -0.00387. The Morgan fingerprint density at radius 1 is 1.25 bits per heavy atom. The Morgan fingerprint density at radius 3 is 2.62 bits per heavy atom. The largest absolute Gasteiger partial charge is 0.110 e. The van der Waals surface area contributed by atoms with E-state index in [1.54, 1.807) is 0 Å². The molecule has 0 saturated heterocycles. The van der Waals surface area contributed by atoms with Crippen molar-refractivity contribution in [3.8, 4) is 0 Å². The van der Waals surface area contributed by atoms with E-state index in [1.165, 1.54) is 4.90 Å². The molecular formula is C15H16S. The second kappa shape index (κ2) is 4.75. The lowest BCUT2D eigenvalue weighted by Gasteiger charge is -2.33. The number of thioether (sulfide) groups is 1. The maximum absolute atomic E-state index is 4.00. The van der Waals surface area contributed by atoms with Gasteiger partial charge in [0.15, 0.2) is 0 Å². The van der Waals surface area contributed by atoms with Gasteiger partial charge in [0.25, 0.3) is 0 Å². The van der Waals surface area contributed by atoms with Crippen molar-refractivity contribution in [3.05, 3.63) is 67.3 Å². The molecule has 0 N–H and O–H groups in total. The Morgan fingerprint density at radius 2 is 2.00 bits per heavy atom. The molecular weight excluding hydrogens is 212 g/mol. The normalized spacial score (nSPS) is 27.9. The first-order valence-electron chi connectivity index (χ1n) is 5.50. The zero-order valence-corrected chi connectivity index (χ0v) is 10.3. The fourth-order valence-corrected chi connectivity index (χ4v) is 3.05. The molecule has 0 amide bonds. The van der Waals surface area contributed by atoms with Crippen LogP contribution in [0.3, 0.4) is 0 Å². The minimum absolute atomic E-state index is 0.00387. The molecule has 0 nitrogen and oxygen atoms in total. The summed E-state index contributed by atoms with van der Waals surface area (Å²) in [6.07, 6.45) is 10.7. The van der Waals surface area contributed by atoms with Crippen molar-refractivity contribution in [1.82, 2.24) is 0 Å². The molecule has 0 fully saturated rings.